The van der Waals surface area contributed by atoms with Gasteiger partial charge in [0.25, 0.3) is 5.91 Å². The van der Waals surface area contributed by atoms with Crippen molar-refractivity contribution in [2.45, 2.75) is 13.3 Å². The highest BCUT2D eigenvalue weighted by Gasteiger charge is 2.14. The van der Waals surface area contributed by atoms with Crippen LogP contribution in [0.4, 0.5) is 0 Å². The number of nitrogens with zero attached hydrogens (tertiary/aromatic N) is 1. The highest BCUT2D eigenvalue weighted by molar-refractivity contribution is 6.30. The van der Waals surface area contributed by atoms with Gasteiger partial charge in [0.15, 0.2) is 0 Å². The summed E-state index contributed by atoms with van der Waals surface area (Å²) in [4.78, 5) is 28.5. The van der Waals surface area contributed by atoms with Gasteiger partial charge >= 0.3 is 0 Å². The number of rotatable bonds is 7. The molecule has 3 aromatic rings. The fourth-order valence-electron chi connectivity index (χ4n) is 2.59. The molecule has 6 nitrogen and oxygen atoms in total. The molecule has 0 atom stereocenters. The normalized spacial score (nSPS) is 10.5. The molecule has 2 N–H and O–H groups in total. The van der Waals surface area contributed by atoms with E-state index in [0.29, 0.717) is 41.0 Å². The molecule has 2 aromatic carbocycles. The number of oxazole rings is 1. The number of halogens is 1. The van der Waals surface area contributed by atoms with Crippen LogP contribution in [-0.4, -0.2) is 29.9 Å². The lowest BCUT2D eigenvalue weighted by atomic mass is 10.2. The van der Waals surface area contributed by atoms with Crippen molar-refractivity contribution < 1.29 is 14.0 Å². The molecule has 0 fully saturated rings. The van der Waals surface area contributed by atoms with Gasteiger partial charge in [-0.3, -0.25) is 9.59 Å². The van der Waals surface area contributed by atoms with Gasteiger partial charge in [-0.15, -0.1) is 0 Å². The second-order valence-corrected chi connectivity index (χ2v) is 6.61. The van der Waals surface area contributed by atoms with Crippen molar-refractivity contribution in [3.63, 3.8) is 0 Å². The van der Waals surface area contributed by atoms with Crippen LogP contribution in [0, 0.1) is 6.92 Å². The van der Waals surface area contributed by atoms with Crippen molar-refractivity contribution in [3.05, 3.63) is 76.6 Å². The van der Waals surface area contributed by atoms with Crippen LogP contribution in [0.15, 0.2) is 59.0 Å². The van der Waals surface area contributed by atoms with Crippen molar-refractivity contribution >= 4 is 23.4 Å². The summed E-state index contributed by atoms with van der Waals surface area (Å²) in [5.41, 5.74) is 1.96. The molecule has 2 amide bonds. The summed E-state index contributed by atoms with van der Waals surface area (Å²) in [6, 6.07) is 16.1. The molecule has 0 spiro atoms. The number of nitrogens with one attached hydrogen (secondary N) is 2. The zero-order valence-electron chi connectivity index (χ0n) is 15.4. The van der Waals surface area contributed by atoms with Gasteiger partial charge in [-0.25, -0.2) is 4.98 Å². The van der Waals surface area contributed by atoms with Gasteiger partial charge in [0.2, 0.25) is 11.8 Å². The van der Waals surface area contributed by atoms with E-state index < -0.39 is 0 Å². The fraction of sp³-hybridized carbons (Fsp3) is 0.190. The summed E-state index contributed by atoms with van der Waals surface area (Å²) in [5.74, 6) is 0.687. The average Bonchev–Trinajstić information content (AvgIpc) is 3.06. The van der Waals surface area contributed by atoms with Crippen LogP contribution in [0.1, 0.15) is 21.8 Å². The van der Waals surface area contributed by atoms with E-state index in [1.165, 1.54) is 0 Å². The summed E-state index contributed by atoms with van der Waals surface area (Å²) in [6.07, 6.45) is 0.107. The number of carbonyl (C=O) groups excluding carboxylic acids is 2. The predicted molar refractivity (Wildman–Crippen MR) is 107 cm³/mol. The summed E-state index contributed by atoms with van der Waals surface area (Å²) >= 11 is 5.89. The molecule has 7 heteroatoms. The van der Waals surface area contributed by atoms with Crippen LogP contribution in [-0.2, 0) is 11.2 Å². The maximum Gasteiger partial charge on any atom is 0.251 e. The summed E-state index contributed by atoms with van der Waals surface area (Å²) in [6.45, 7) is 2.45. The first kappa shape index (κ1) is 19.6. The maximum absolute atomic E-state index is 12.1. The lowest BCUT2D eigenvalue weighted by Gasteiger charge is -2.06. The smallest absolute Gasteiger partial charge is 0.251 e. The minimum absolute atomic E-state index is 0.107. The van der Waals surface area contributed by atoms with Gasteiger partial charge in [-0.1, -0.05) is 29.8 Å². The van der Waals surface area contributed by atoms with Crippen molar-refractivity contribution in [1.29, 1.82) is 0 Å². The Morgan fingerprint density at radius 3 is 2.39 bits per heavy atom. The molecular weight excluding hydrogens is 378 g/mol. The van der Waals surface area contributed by atoms with E-state index in [-0.39, 0.29) is 18.2 Å². The lowest BCUT2D eigenvalue weighted by molar-refractivity contribution is -0.120. The molecular formula is C21H20ClN3O3. The number of hydrogen-bond acceptors (Lipinski definition) is 4. The molecule has 0 radical (unpaired) electrons. The van der Waals surface area contributed by atoms with Crippen molar-refractivity contribution in [3.8, 4) is 11.5 Å². The predicted octanol–water partition coefficient (Wildman–Crippen LogP) is 3.39. The van der Waals surface area contributed by atoms with Gasteiger partial charge in [-0.05, 0) is 43.3 Å². The molecule has 0 aliphatic heterocycles. The highest BCUT2D eigenvalue weighted by atomic mass is 35.5. The SMILES string of the molecule is Cc1oc(-c2ccc(Cl)cc2)nc1CC(=O)NCCNC(=O)c1ccccc1. The Morgan fingerprint density at radius 1 is 1.00 bits per heavy atom. The number of hydrogen-bond donors (Lipinski definition) is 2. The lowest BCUT2D eigenvalue weighted by Crippen LogP contribution is -2.35. The van der Waals surface area contributed by atoms with Crippen molar-refractivity contribution in [1.82, 2.24) is 15.6 Å². The first-order valence-corrected chi connectivity index (χ1v) is 9.23. The zero-order chi connectivity index (χ0) is 19.9. The summed E-state index contributed by atoms with van der Waals surface area (Å²) < 4.78 is 5.66. The Bertz CT molecular complexity index is 953. The first-order chi connectivity index (χ1) is 13.5. The van der Waals surface area contributed by atoms with Gasteiger partial charge in [0, 0.05) is 29.2 Å². The highest BCUT2D eigenvalue weighted by Crippen LogP contribution is 2.23. The van der Waals surface area contributed by atoms with Gasteiger partial charge in [0.1, 0.15) is 5.76 Å². The van der Waals surface area contributed by atoms with Crippen LogP contribution in [0.25, 0.3) is 11.5 Å². The molecule has 0 saturated carbocycles. The number of aromatic nitrogens is 1. The third-order valence-corrected chi connectivity index (χ3v) is 4.33. The Balaban J connectivity index is 1.47. The van der Waals surface area contributed by atoms with Crippen LogP contribution in [0.5, 0.6) is 0 Å². The number of amides is 2. The molecule has 0 saturated heterocycles. The number of aryl methyl sites for hydroxylation is 1. The van der Waals surface area contributed by atoms with Crippen molar-refractivity contribution in [2.24, 2.45) is 0 Å². The van der Waals surface area contributed by atoms with E-state index in [2.05, 4.69) is 15.6 Å². The van der Waals surface area contributed by atoms with E-state index in [1.54, 1.807) is 43.3 Å². The van der Waals surface area contributed by atoms with E-state index in [1.807, 2.05) is 18.2 Å². The average molecular weight is 398 g/mol. The van der Waals surface area contributed by atoms with E-state index in [4.69, 9.17) is 16.0 Å². The third kappa shape index (κ3) is 5.20. The molecule has 0 aliphatic rings. The largest absolute Gasteiger partial charge is 0.441 e. The molecule has 1 aromatic heterocycles. The Morgan fingerprint density at radius 2 is 1.68 bits per heavy atom. The molecule has 0 bridgehead atoms. The monoisotopic (exact) mass is 397 g/mol. The number of carbonyl (C=O) groups is 2. The van der Waals surface area contributed by atoms with E-state index in [9.17, 15) is 9.59 Å². The summed E-state index contributed by atoms with van der Waals surface area (Å²) in [5, 5.41) is 6.16. The first-order valence-electron chi connectivity index (χ1n) is 8.85. The second kappa shape index (κ2) is 9.19. The molecule has 28 heavy (non-hydrogen) atoms. The zero-order valence-corrected chi connectivity index (χ0v) is 16.1. The van der Waals surface area contributed by atoms with Crippen LogP contribution >= 0.6 is 11.6 Å². The van der Waals surface area contributed by atoms with Crippen LogP contribution < -0.4 is 10.6 Å². The van der Waals surface area contributed by atoms with Gasteiger partial charge in [-0.2, -0.15) is 0 Å². The Hall–Kier alpha value is -3.12. The minimum atomic E-state index is -0.187. The van der Waals surface area contributed by atoms with Gasteiger partial charge in [0.05, 0.1) is 12.1 Å². The van der Waals surface area contributed by atoms with Gasteiger partial charge < -0.3 is 15.1 Å². The van der Waals surface area contributed by atoms with Crippen LogP contribution in [0.2, 0.25) is 5.02 Å². The molecule has 0 unspecified atom stereocenters. The molecule has 144 valence electrons. The topological polar surface area (TPSA) is 84.2 Å². The Labute approximate surface area is 167 Å². The van der Waals surface area contributed by atoms with E-state index >= 15 is 0 Å². The molecule has 1 heterocycles. The standard InChI is InChI=1S/C21H20ClN3O3/c1-14-18(25-21(28-14)16-7-9-17(22)10-8-16)13-19(26)23-11-12-24-20(27)15-5-3-2-4-6-15/h2-10H,11-13H2,1H3,(H,23,26)(H,24,27). The fourth-order valence-corrected chi connectivity index (χ4v) is 2.72. The number of benzene rings is 2. The third-order valence-electron chi connectivity index (χ3n) is 4.08. The summed E-state index contributed by atoms with van der Waals surface area (Å²) in [7, 11) is 0. The second-order valence-electron chi connectivity index (χ2n) is 6.18. The maximum atomic E-state index is 12.1. The molecule has 3 rings (SSSR count). The van der Waals surface area contributed by atoms with E-state index in [0.717, 1.165) is 5.56 Å². The van der Waals surface area contributed by atoms with Crippen molar-refractivity contribution in [2.75, 3.05) is 13.1 Å². The Kier molecular flexibility index (Phi) is 6.45. The minimum Gasteiger partial charge on any atom is -0.441 e. The molecule has 0 aliphatic carbocycles. The van der Waals surface area contributed by atoms with Crippen LogP contribution in [0.3, 0.4) is 0 Å². The quantitative estimate of drug-likeness (QED) is 0.598.